The number of aromatic hydroxyl groups is 1. The normalized spacial score (nSPS) is 13.1. The molecule has 0 unspecified atom stereocenters. The number of thiol groups is 1. The fourth-order valence-electron chi connectivity index (χ4n) is 2.23. The van der Waals surface area contributed by atoms with Gasteiger partial charge in [0, 0.05) is 12.1 Å². The lowest BCUT2D eigenvalue weighted by atomic mass is 9.97. The Hall–Kier alpha value is -2.00. The zero-order valence-corrected chi connectivity index (χ0v) is 15.7. The van der Waals surface area contributed by atoms with Crippen LogP contribution in [-0.4, -0.2) is 10.8 Å². The number of nitrogens with one attached hydrogen (secondary N) is 1. The van der Waals surface area contributed by atoms with Crippen LogP contribution in [0.1, 0.15) is 39.2 Å². The van der Waals surface area contributed by atoms with Gasteiger partial charge in [0.25, 0.3) is 0 Å². The first-order valence-corrected chi connectivity index (χ1v) is 8.54. The molecule has 2 nitrogen and oxygen atoms in total. The Kier molecular flexibility index (Phi) is 8.34. The summed E-state index contributed by atoms with van der Waals surface area (Å²) in [7, 11) is 0. The Labute approximate surface area is 151 Å². The Morgan fingerprint density at radius 3 is 2.38 bits per heavy atom. The van der Waals surface area contributed by atoms with E-state index in [1.165, 1.54) is 5.56 Å². The number of phenols is 1. The molecule has 0 amide bonds. The van der Waals surface area contributed by atoms with Crippen LogP contribution < -0.4 is 0 Å². The van der Waals surface area contributed by atoms with Gasteiger partial charge in [-0.15, -0.1) is 0 Å². The molecule has 128 valence electrons. The van der Waals surface area contributed by atoms with Crippen LogP contribution in [0.2, 0.25) is 0 Å². The largest absolute Gasteiger partial charge is 0.508 e. The van der Waals surface area contributed by atoms with E-state index in [1.807, 2.05) is 45.1 Å². The van der Waals surface area contributed by atoms with Gasteiger partial charge in [-0.05, 0) is 73.4 Å². The highest BCUT2D eigenvalue weighted by Gasteiger charge is 2.05. The van der Waals surface area contributed by atoms with Crippen molar-refractivity contribution in [1.82, 2.24) is 0 Å². The molecule has 0 saturated carbocycles. The van der Waals surface area contributed by atoms with Crippen LogP contribution in [0.4, 0.5) is 0 Å². The van der Waals surface area contributed by atoms with Crippen LogP contribution in [0, 0.1) is 5.41 Å². The SMILES string of the molecule is C=C(CCc1ccc(O)cc1)CC(=N)/C(C)=C/C(C)=C(C)/C=C\S. The second kappa shape index (κ2) is 9.99. The van der Waals surface area contributed by atoms with Gasteiger partial charge in [-0.1, -0.05) is 36.4 Å². The summed E-state index contributed by atoms with van der Waals surface area (Å²) in [6.07, 6.45) is 6.30. The molecule has 1 rings (SSSR count). The minimum absolute atomic E-state index is 0.284. The molecular formula is C21H27NOS. The summed E-state index contributed by atoms with van der Waals surface area (Å²) in [6, 6.07) is 7.24. The lowest BCUT2D eigenvalue weighted by Gasteiger charge is -2.09. The smallest absolute Gasteiger partial charge is 0.115 e. The van der Waals surface area contributed by atoms with E-state index < -0.39 is 0 Å². The lowest BCUT2D eigenvalue weighted by molar-refractivity contribution is 0.475. The summed E-state index contributed by atoms with van der Waals surface area (Å²) in [4.78, 5) is 0. The van der Waals surface area contributed by atoms with E-state index in [9.17, 15) is 5.11 Å². The molecule has 0 aliphatic carbocycles. The number of phenolic OH excluding ortho intramolecular Hbond substituents is 1. The van der Waals surface area contributed by atoms with Crippen LogP contribution >= 0.6 is 12.6 Å². The highest BCUT2D eigenvalue weighted by molar-refractivity contribution is 7.83. The third-order valence-corrected chi connectivity index (χ3v) is 4.13. The predicted molar refractivity (Wildman–Crippen MR) is 108 cm³/mol. The van der Waals surface area contributed by atoms with Crippen molar-refractivity contribution < 1.29 is 5.11 Å². The van der Waals surface area contributed by atoms with Crippen molar-refractivity contribution in [2.75, 3.05) is 0 Å². The van der Waals surface area contributed by atoms with Crippen molar-refractivity contribution in [3.8, 4) is 5.75 Å². The monoisotopic (exact) mass is 341 g/mol. The van der Waals surface area contributed by atoms with Gasteiger partial charge in [-0.25, -0.2) is 0 Å². The summed E-state index contributed by atoms with van der Waals surface area (Å²) in [5.74, 6) is 0.284. The van der Waals surface area contributed by atoms with Gasteiger partial charge in [0.2, 0.25) is 0 Å². The number of hydrogen-bond acceptors (Lipinski definition) is 3. The van der Waals surface area contributed by atoms with Crippen LogP contribution in [0.25, 0.3) is 0 Å². The van der Waals surface area contributed by atoms with Crippen molar-refractivity contribution in [3.63, 3.8) is 0 Å². The van der Waals surface area contributed by atoms with E-state index in [0.717, 1.165) is 35.1 Å². The lowest BCUT2D eigenvalue weighted by Crippen LogP contribution is -2.01. The minimum Gasteiger partial charge on any atom is -0.508 e. The number of rotatable bonds is 8. The maximum atomic E-state index is 9.29. The predicted octanol–water partition coefficient (Wildman–Crippen LogP) is 6.02. The molecule has 0 aliphatic rings. The first-order chi connectivity index (χ1) is 11.3. The highest BCUT2D eigenvalue weighted by Crippen LogP contribution is 2.17. The molecule has 3 heteroatoms. The maximum absolute atomic E-state index is 9.29. The van der Waals surface area contributed by atoms with Gasteiger partial charge in [0.05, 0.1) is 0 Å². The molecule has 0 atom stereocenters. The minimum atomic E-state index is 0.284. The molecular weight excluding hydrogens is 314 g/mol. The van der Waals surface area contributed by atoms with Crippen molar-refractivity contribution in [1.29, 1.82) is 5.41 Å². The summed E-state index contributed by atoms with van der Waals surface area (Å²) in [6.45, 7) is 10.1. The summed E-state index contributed by atoms with van der Waals surface area (Å²) >= 11 is 4.09. The summed E-state index contributed by atoms with van der Waals surface area (Å²) in [5, 5.41) is 19.3. The Balaban J connectivity index is 2.58. The van der Waals surface area contributed by atoms with E-state index in [4.69, 9.17) is 5.41 Å². The molecule has 0 radical (unpaired) electrons. The molecule has 24 heavy (non-hydrogen) atoms. The number of hydrogen-bond donors (Lipinski definition) is 3. The van der Waals surface area contributed by atoms with Crippen molar-refractivity contribution in [2.45, 2.75) is 40.0 Å². The second-order valence-electron chi connectivity index (χ2n) is 6.08. The fraction of sp³-hybridized carbons (Fsp3) is 0.286. The topological polar surface area (TPSA) is 44.1 Å². The van der Waals surface area contributed by atoms with E-state index in [0.29, 0.717) is 12.1 Å². The van der Waals surface area contributed by atoms with Crippen molar-refractivity contribution in [3.05, 3.63) is 76.3 Å². The molecule has 0 heterocycles. The Bertz CT molecular complexity index is 678. The van der Waals surface area contributed by atoms with E-state index in [-0.39, 0.29) is 5.75 Å². The standard InChI is InChI=1S/C21H27NOS/c1-15(5-6-19-7-9-20(23)10-8-19)13-21(22)18(4)14-17(3)16(2)11-12-24/h7-12,14,22-24H,1,5-6,13H2,2-4H3/b12-11-,17-16+,18-14+,22-21?. The van der Waals surface area contributed by atoms with Gasteiger partial charge >= 0.3 is 0 Å². The molecule has 2 N–H and O–H groups in total. The number of allylic oxidation sites excluding steroid dienone is 6. The van der Waals surface area contributed by atoms with Gasteiger partial charge in [-0.2, -0.15) is 12.6 Å². The fourth-order valence-corrected chi connectivity index (χ4v) is 2.45. The molecule has 0 aromatic heterocycles. The Morgan fingerprint density at radius 1 is 1.17 bits per heavy atom. The van der Waals surface area contributed by atoms with Crippen LogP contribution in [-0.2, 0) is 6.42 Å². The molecule has 0 aliphatic heterocycles. The zero-order chi connectivity index (χ0) is 18.1. The molecule has 1 aromatic rings. The van der Waals surface area contributed by atoms with Gasteiger partial charge in [0.15, 0.2) is 0 Å². The molecule has 0 saturated heterocycles. The number of benzene rings is 1. The van der Waals surface area contributed by atoms with Gasteiger partial charge in [0.1, 0.15) is 5.75 Å². The van der Waals surface area contributed by atoms with Crippen molar-refractivity contribution >= 4 is 18.3 Å². The number of aryl methyl sites for hydroxylation is 1. The quantitative estimate of drug-likeness (QED) is 0.230. The van der Waals surface area contributed by atoms with Gasteiger partial charge in [-0.3, -0.25) is 0 Å². The zero-order valence-electron chi connectivity index (χ0n) is 14.8. The second-order valence-corrected chi connectivity index (χ2v) is 6.38. The molecule has 1 aromatic carbocycles. The molecule has 0 bridgehead atoms. The Morgan fingerprint density at radius 2 is 1.79 bits per heavy atom. The van der Waals surface area contributed by atoms with E-state index >= 15 is 0 Å². The van der Waals surface area contributed by atoms with Crippen LogP contribution in [0.3, 0.4) is 0 Å². The molecule has 0 fully saturated rings. The van der Waals surface area contributed by atoms with Crippen molar-refractivity contribution in [2.24, 2.45) is 0 Å². The van der Waals surface area contributed by atoms with E-state index in [1.54, 1.807) is 17.5 Å². The van der Waals surface area contributed by atoms with Gasteiger partial charge < -0.3 is 10.5 Å². The third kappa shape index (κ3) is 7.05. The first-order valence-electron chi connectivity index (χ1n) is 8.02. The third-order valence-electron chi connectivity index (χ3n) is 3.99. The van der Waals surface area contributed by atoms with Crippen LogP contribution in [0.5, 0.6) is 5.75 Å². The van der Waals surface area contributed by atoms with Crippen LogP contribution in [0.15, 0.2) is 70.7 Å². The summed E-state index contributed by atoms with van der Waals surface area (Å²) in [5.41, 5.74) is 6.06. The van der Waals surface area contributed by atoms with E-state index in [2.05, 4.69) is 19.2 Å². The average molecular weight is 342 g/mol. The maximum Gasteiger partial charge on any atom is 0.115 e. The first kappa shape index (κ1) is 20.0. The summed E-state index contributed by atoms with van der Waals surface area (Å²) < 4.78 is 0. The average Bonchev–Trinajstić information content (AvgIpc) is 2.54. The molecule has 0 spiro atoms. The highest BCUT2D eigenvalue weighted by atomic mass is 32.1.